The van der Waals surface area contributed by atoms with E-state index in [1.807, 2.05) is 61.5 Å². The summed E-state index contributed by atoms with van der Waals surface area (Å²) >= 11 is 1.68. The van der Waals surface area contributed by atoms with Crippen LogP contribution in [0.3, 0.4) is 0 Å². The molecule has 0 atom stereocenters. The van der Waals surface area contributed by atoms with E-state index in [-0.39, 0.29) is 5.91 Å². The third kappa shape index (κ3) is 5.40. The summed E-state index contributed by atoms with van der Waals surface area (Å²) in [6.07, 6.45) is 0. The van der Waals surface area contributed by atoms with Crippen molar-refractivity contribution in [1.29, 1.82) is 0 Å². The molecule has 3 nitrogen and oxygen atoms in total. The molecule has 3 rings (SSSR count). The summed E-state index contributed by atoms with van der Waals surface area (Å²) in [4.78, 5) is 13.6. The molecule has 28 heavy (non-hydrogen) atoms. The number of aryl methyl sites for hydroxylation is 1. The number of nitrogens with one attached hydrogen (secondary N) is 1. The van der Waals surface area contributed by atoms with E-state index in [4.69, 9.17) is 4.74 Å². The molecule has 4 heteroatoms. The Hall–Kier alpha value is -2.72. The Morgan fingerprint density at radius 3 is 2.50 bits per heavy atom. The minimum absolute atomic E-state index is 0.0688. The zero-order valence-electron chi connectivity index (χ0n) is 16.3. The van der Waals surface area contributed by atoms with Crippen LogP contribution >= 0.6 is 11.8 Å². The highest BCUT2D eigenvalue weighted by molar-refractivity contribution is 7.98. The molecular formula is C24H25NO2S. The maximum Gasteiger partial charge on any atom is 0.252 e. The molecule has 1 N–H and O–H groups in total. The minimum atomic E-state index is -0.0688. The molecule has 3 aromatic rings. The Morgan fingerprint density at radius 1 is 0.929 bits per heavy atom. The predicted octanol–water partition coefficient (Wildman–Crippen LogP) is 5.40. The Labute approximate surface area is 171 Å². The van der Waals surface area contributed by atoms with Crippen molar-refractivity contribution in [2.45, 2.75) is 24.5 Å². The van der Waals surface area contributed by atoms with Gasteiger partial charge in [-0.3, -0.25) is 4.79 Å². The maximum atomic E-state index is 12.6. The Kier molecular flexibility index (Phi) is 7.15. The summed E-state index contributed by atoms with van der Waals surface area (Å²) in [6.45, 7) is 5.01. The summed E-state index contributed by atoms with van der Waals surface area (Å²) in [7, 11) is 0. The van der Waals surface area contributed by atoms with Crippen molar-refractivity contribution in [2.75, 3.05) is 13.2 Å². The summed E-state index contributed by atoms with van der Waals surface area (Å²) in [6, 6.07) is 24.0. The molecule has 0 bridgehead atoms. The van der Waals surface area contributed by atoms with Crippen molar-refractivity contribution in [2.24, 2.45) is 0 Å². The lowest BCUT2D eigenvalue weighted by molar-refractivity contribution is 0.0944. The Bertz CT molecular complexity index is 925. The van der Waals surface area contributed by atoms with E-state index in [0.29, 0.717) is 18.7 Å². The smallest absolute Gasteiger partial charge is 0.252 e. The van der Waals surface area contributed by atoms with Crippen molar-refractivity contribution in [3.8, 4) is 5.75 Å². The average molecular weight is 392 g/mol. The van der Waals surface area contributed by atoms with Gasteiger partial charge in [0.05, 0.1) is 12.1 Å². The first-order chi connectivity index (χ1) is 13.6. The van der Waals surface area contributed by atoms with Gasteiger partial charge >= 0.3 is 0 Å². The van der Waals surface area contributed by atoms with Crippen molar-refractivity contribution in [1.82, 2.24) is 5.32 Å². The van der Waals surface area contributed by atoms with Gasteiger partial charge in [0, 0.05) is 10.6 Å². The van der Waals surface area contributed by atoms with Gasteiger partial charge in [-0.15, -0.1) is 11.8 Å². The lowest BCUT2D eigenvalue weighted by Gasteiger charge is -2.12. The summed E-state index contributed by atoms with van der Waals surface area (Å²) < 4.78 is 5.82. The Balaban J connectivity index is 1.53. The predicted molar refractivity (Wildman–Crippen MR) is 116 cm³/mol. The SMILES string of the molecule is Cc1cccc(OCCNC(=O)c2ccccc2SCc2ccccc2)c1C. The summed E-state index contributed by atoms with van der Waals surface area (Å²) in [5.41, 5.74) is 4.28. The molecule has 0 aromatic heterocycles. The van der Waals surface area contributed by atoms with E-state index in [9.17, 15) is 4.79 Å². The number of rotatable bonds is 8. The van der Waals surface area contributed by atoms with Crippen molar-refractivity contribution >= 4 is 17.7 Å². The van der Waals surface area contributed by atoms with Crippen LogP contribution in [0.1, 0.15) is 27.0 Å². The molecule has 0 saturated heterocycles. The normalized spacial score (nSPS) is 10.5. The van der Waals surface area contributed by atoms with Crippen LogP contribution in [0.25, 0.3) is 0 Å². The number of amides is 1. The van der Waals surface area contributed by atoms with Crippen LogP contribution in [0.4, 0.5) is 0 Å². The fraction of sp³-hybridized carbons (Fsp3) is 0.208. The van der Waals surface area contributed by atoms with E-state index in [1.165, 1.54) is 11.1 Å². The van der Waals surface area contributed by atoms with Crippen molar-refractivity contribution in [3.05, 3.63) is 95.1 Å². The van der Waals surface area contributed by atoms with Crippen molar-refractivity contribution in [3.63, 3.8) is 0 Å². The molecule has 1 amide bonds. The lowest BCUT2D eigenvalue weighted by atomic mass is 10.1. The molecule has 0 aliphatic rings. The number of benzene rings is 3. The van der Waals surface area contributed by atoms with Gasteiger partial charge < -0.3 is 10.1 Å². The topological polar surface area (TPSA) is 38.3 Å². The highest BCUT2D eigenvalue weighted by Gasteiger charge is 2.11. The molecule has 144 valence electrons. The zero-order valence-corrected chi connectivity index (χ0v) is 17.1. The molecular weight excluding hydrogens is 366 g/mol. The van der Waals surface area contributed by atoms with Gasteiger partial charge in [0.15, 0.2) is 0 Å². The van der Waals surface area contributed by atoms with E-state index in [1.54, 1.807) is 11.8 Å². The number of carbonyl (C=O) groups excluding carboxylic acids is 1. The average Bonchev–Trinajstić information content (AvgIpc) is 2.73. The highest BCUT2D eigenvalue weighted by Crippen LogP contribution is 2.26. The highest BCUT2D eigenvalue weighted by atomic mass is 32.2. The number of hydrogen-bond acceptors (Lipinski definition) is 3. The standard InChI is InChI=1S/C24H25NO2S/c1-18-9-8-13-22(19(18)2)27-16-15-25-24(26)21-12-6-7-14-23(21)28-17-20-10-4-3-5-11-20/h3-14H,15-17H2,1-2H3,(H,25,26). The molecule has 0 aliphatic carbocycles. The third-order valence-corrected chi connectivity index (χ3v) is 5.71. The first kappa shape index (κ1) is 20.0. The molecule has 0 heterocycles. The number of thioether (sulfide) groups is 1. The van der Waals surface area contributed by atoms with Crippen LogP contribution in [0.15, 0.2) is 77.7 Å². The second-order valence-corrected chi connectivity index (χ2v) is 7.59. The van der Waals surface area contributed by atoms with Gasteiger partial charge in [-0.25, -0.2) is 0 Å². The zero-order chi connectivity index (χ0) is 19.8. The molecule has 0 fully saturated rings. The number of hydrogen-bond donors (Lipinski definition) is 1. The fourth-order valence-electron chi connectivity index (χ4n) is 2.82. The van der Waals surface area contributed by atoms with Crippen LogP contribution in [-0.2, 0) is 5.75 Å². The number of ether oxygens (including phenoxy) is 1. The van der Waals surface area contributed by atoms with E-state index in [2.05, 4.69) is 30.4 Å². The molecule has 0 saturated carbocycles. The van der Waals surface area contributed by atoms with Crippen LogP contribution in [0.5, 0.6) is 5.75 Å². The first-order valence-corrected chi connectivity index (χ1v) is 10.4. The summed E-state index contributed by atoms with van der Waals surface area (Å²) in [5.74, 6) is 1.63. The molecule has 0 aliphatic heterocycles. The summed E-state index contributed by atoms with van der Waals surface area (Å²) in [5, 5.41) is 2.96. The quantitative estimate of drug-likeness (QED) is 0.412. The molecule has 0 spiro atoms. The second kappa shape index (κ2) is 10.00. The molecule has 3 aromatic carbocycles. The van der Waals surface area contributed by atoms with Gasteiger partial charge in [0.2, 0.25) is 0 Å². The monoisotopic (exact) mass is 391 g/mol. The van der Waals surface area contributed by atoms with E-state index >= 15 is 0 Å². The molecule has 0 radical (unpaired) electrons. The van der Waals surface area contributed by atoms with Gasteiger partial charge in [-0.05, 0) is 48.7 Å². The van der Waals surface area contributed by atoms with Gasteiger partial charge in [-0.2, -0.15) is 0 Å². The van der Waals surface area contributed by atoms with Crippen molar-refractivity contribution < 1.29 is 9.53 Å². The van der Waals surface area contributed by atoms with Crippen LogP contribution in [-0.4, -0.2) is 19.1 Å². The minimum Gasteiger partial charge on any atom is -0.491 e. The van der Waals surface area contributed by atoms with E-state index < -0.39 is 0 Å². The largest absolute Gasteiger partial charge is 0.491 e. The third-order valence-electron chi connectivity index (χ3n) is 4.57. The van der Waals surface area contributed by atoms with Gasteiger partial charge in [0.1, 0.15) is 12.4 Å². The first-order valence-electron chi connectivity index (χ1n) is 9.38. The van der Waals surface area contributed by atoms with Gasteiger partial charge in [0.25, 0.3) is 5.91 Å². The van der Waals surface area contributed by atoms with E-state index in [0.717, 1.165) is 22.0 Å². The van der Waals surface area contributed by atoms with Crippen LogP contribution in [0.2, 0.25) is 0 Å². The lowest BCUT2D eigenvalue weighted by Crippen LogP contribution is -2.28. The second-order valence-electron chi connectivity index (χ2n) is 6.57. The fourth-order valence-corrected chi connectivity index (χ4v) is 3.82. The van der Waals surface area contributed by atoms with Crippen LogP contribution < -0.4 is 10.1 Å². The number of carbonyl (C=O) groups is 1. The van der Waals surface area contributed by atoms with Crippen LogP contribution in [0, 0.1) is 13.8 Å². The maximum absolute atomic E-state index is 12.6. The van der Waals surface area contributed by atoms with Gasteiger partial charge in [-0.1, -0.05) is 54.6 Å². The Morgan fingerprint density at radius 2 is 1.68 bits per heavy atom. The molecule has 0 unspecified atom stereocenters.